The highest BCUT2D eigenvalue weighted by Gasteiger charge is 2.00. The molecule has 6 nitrogen and oxygen atoms in total. The van der Waals surface area contributed by atoms with Crippen LogP contribution >= 0.6 is 24.0 Å². The van der Waals surface area contributed by atoms with Gasteiger partial charge in [-0.05, 0) is 50.3 Å². The smallest absolute Gasteiger partial charge is 0.191 e. The van der Waals surface area contributed by atoms with Crippen molar-refractivity contribution in [2.45, 2.75) is 19.5 Å². The molecule has 0 amide bonds. The molecule has 2 rings (SSSR count). The Morgan fingerprint density at radius 3 is 2.44 bits per heavy atom. The average molecular weight is 485 g/mol. The summed E-state index contributed by atoms with van der Waals surface area (Å²) in [5.41, 5.74) is 1.19. The van der Waals surface area contributed by atoms with Crippen molar-refractivity contribution in [1.82, 2.24) is 20.1 Å². The van der Waals surface area contributed by atoms with Crippen molar-refractivity contribution in [1.29, 1.82) is 0 Å². The van der Waals surface area contributed by atoms with Gasteiger partial charge in [0.25, 0.3) is 0 Å². The maximum atomic E-state index is 5.76. The van der Waals surface area contributed by atoms with Crippen LogP contribution in [-0.2, 0) is 13.1 Å². The van der Waals surface area contributed by atoms with Crippen LogP contribution < -0.4 is 15.4 Å². The van der Waals surface area contributed by atoms with E-state index >= 15 is 0 Å². The summed E-state index contributed by atoms with van der Waals surface area (Å²) in [5, 5.41) is 6.66. The van der Waals surface area contributed by atoms with Gasteiger partial charge >= 0.3 is 0 Å². The summed E-state index contributed by atoms with van der Waals surface area (Å²) in [6, 6.07) is 12.3. The lowest BCUT2D eigenvalue weighted by Crippen LogP contribution is -2.38. The van der Waals surface area contributed by atoms with Crippen molar-refractivity contribution < 1.29 is 4.74 Å². The monoisotopic (exact) mass is 485 g/mol. The van der Waals surface area contributed by atoms with Crippen LogP contribution in [-0.4, -0.2) is 56.3 Å². The summed E-state index contributed by atoms with van der Waals surface area (Å²) in [6.45, 7) is 4.25. The number of nitrogens with one attached hydrogen (secondary N) is 2. The number of benzene rings is 1. The molecule has 150 valence electrons. The summed E-state index contributed by atoms with van der Waals surface area (Å²) in [6.07, 6.45) is 5.14. The first kappa shape index (κ1) is 23.3. The van der Waals surface area contributed by atoms with Crippen molar-refractivity contribution in [3.05, 3.63) is 54.4 Å². The Morgan fingerprint density at radius 1 is 1.11 bits per heavy atom. The highest BCUT2D eigenvalue weighted by molar-refractivity contribution is 14.0. The van der Waals surface area contributed by atoms with Crippen molar-refractivity contribution in [3.63, 3.8) is 0 Å². The number of nitrogens with zero attached hydrogens (tertiary/aromatic N) is 3. The van der Waals surface area contributed by atoms with Gasteiger partial charge in [0.2, 0.25) is 0 Å². The zero-order valence-electron chi connectivity index (χ0n) is 16.5. The Balaban J connectivity index is 0.00000364. The van der Waals surface area contributed by atoms with Crippen LogP contribution in [0.25, 0.3) is 0 Å². The van der Waals surface area contributed by atoms with Crippen molar-refractivity contribution >= 4 is 29.9 Å². The number of hydrogen-bond donors (Lipinski definition) is 2. The lowest BCUT2D eigenvalue weighted by Gasteiger charge is -2.13. The second-order valence-electron chi connectivity index (χ2n) is 6.42. The Labute approximate surface area is 180 Å². The third kappa shape index (κ3) is 9.67. The molecule has 0 radical (unpaired) electrons. The largest absolute Gasteiger partial charge is 0.494 e. The van der Waals surface area contributed by atoms with E-state index in [9.17, 15) is 0 Å². The zero-order valence-corrected chi connectivity index (χ0v) is 18.8. The molecule has 1 aromatic carbocycles. The molecular formula is C20H32IN5O. The molecule has 0 aliphatic rings. The molecule has 7 heteroatoms. The minimum absolute atomic E-state index is 0. The molecular weight excluding hydrogens is 453 g/mol. The van der Waals surface area contributed by atoms with E-state index in [1.165, 1.54) is 5.56 Å². The third-order valence-electron chi connectivity index (χ3n) is 3.95. The predicted molar refractivity (Wildman–Crippen MR) is 123 cm³/mol. The molecule has 0 aliphatic carbocycles. The highest BCUT2D eigenvalue weighted by atomic mass is 127. The molecule has 0 aliphatic heterocycles. The Kier molecular flexibility index (Phi) is 11.6. The minimum Gasteiger partial charge on any atom is -0.494 e. The van der Waals surface area contributed by atoms with Crippen LogP contribution in [0.1, 0.15) is 12.0 Å². The second-order valence-corrected chi connectivity index (χ2v) is 6.42. The summed E-state index contributed by atoms with van der Waals surface area (Å²) in [4.78, 5) is 6.42. The molecule has 0 saturated heterocycles. The molecule has 0 unspecified atom stereocenters. The lowest BCUT2D eigenvalue weighted by molar-refractivity contribution is 0.281. The van der Waals surface area contributed by atoms with Gasteiger partial charge in [0.15, 0.2) is 5.96 Å². The van der Waals surface area contributed by atoms with Gasteiger partial charge in [0.05, 0.1) is 6.61 Å². The van der Waals surface area contributed by atoms with Crippen LogP contribution in [0.2, 0.25) is 0 Å². The molecule has 0 saturated carbocycles. The highest BCUT2D eigenvalue weighted by Crippen LogP contribution is 2.12. The van der Waals surface area contributed by atoms with Gasteiger partial charge in [-0.1, -0.05) is 12.1 Å². The fraction of sp³-hybridized carbons (Fsp3) is 0.450. The first-order valence-corrected chi connectivity index (χ1v) is 9.09. The van der Waals surface area contributed by atoms with E-state index in [0.29, 0.717) is 0 Å². The maximum Gasteiger partial charge on any atom is 0.191 e. The van der Waals surface area contributed by atoms with E-state index in [-0.39, 0.29) is 24.0 Å². The first-order chi connectivity index (χ1) is 12.7. The molecule has 1 heterocycles. The van der Waals surface area contributed by atoms with E-state index in [2.05, 4.69) is 63.7 Å². The summed E-state index contributed by atoms with van der Waals surface area (Å²) in [5.74, 6) is 1.72. The Bertz CT molecular complexity index is 641. The Hall–Kier alpha value is -1.74. The van der Waals surface area contributed by atoms with E-state index < -0.39 is 0 Å². The number of hydrogen-bond acceptors (Lipinski definition) is 3. The summed E-state index contributed by atoms with van der Waals surface area (Å²) in [7, 11) is 5.94. The summed E-state index contributed by atoms with van der Waals surface area (Å²) < 4.78 is 7.90. The van der Waals surface area contributed by atoms with Crippen LogP contribution in [0.3, 0.4) is 0 Å². The van der Waals surface area contributed by atoms with Gasteiger partial charge in [-0.25, -0.2) is 0 Å². The molecule has 2 N–H and O–H groups in total. The topological polar surface area (TPSA) is 53.8 Å². The van der Waals surface area contributed by atoms with E-state index in [4.69, 9.17) is 4.74 Å². The maximum absolute atomic E-state index is 5.76. The van der Waals surface area contributed by atoms with Gasteiger partial charge in [0.1, 0.15) is 5.75 Å². The number of aliphatic imine (C=N–C) groups is 1. The molecule has 2 aromatic rings. The van der Waals surface area contributed by atoms with Crippen LogP contribution in [0.5, 0.6) is 5.75 Å². The molecule has 27 heavy (non-hydrogen) atoms. The first-order valence-electron chi connectivity index (χ1n) is 9.09. The van der Waals surface area contributed by atoms with Crippen LogP contribution in [0, 0.1) is 0 Å². The van der Waals surface area contributed by atoms with E-state index in [0.717, 1.165) is 50.9 Å². The zero-order chi connectivity index (χ0) is 18.6. The Morgan fingerprint density at radius 2 is 1.81 bits per heavy atom. The van der Waals surface area contributed by atoms with Gasteiger partial charge in [-0.15, -0.1) is 24.0 Å². The van der Waals surface area contributed by atoms with E-state index in [1.807, 2.05) is 24.3 Å². The predicted octanol–water partition coefficient (Wildman–Crippen LogP) is 2.80. The third-order valence-corrected chi connectivity index (χ3v) is 3.95. The van der Waals surface area contributed by atoms with Crippen LogP contribution in [0.15, 0.2) is 53.8 Å². The molecule has 0 atom stereocenters. The fourth-order valence-corrected chi connectivity index (χ4v) is 2.50. The van der Waals surface area contributed by atoms with Gasteiger partial charge < -0.3 is 24.8 Å². The SMILES string of the molecule is CN=C(NCCn1cccc1)NCc1ccc(OCCCN(C)C)cc1.I. The van der Waals surface area contributed by atoms with Gasteiger partial charge in [-0.3, -0.25) is 4.99 Å². The van der Waals surface area contributed by atoms with Crippen molar-refractivity contribution in [2.75, 3.05) is 40.8 Å². The van der Waals surface area contributed by atoms with Crippen LogP contribution in [0.4, 0.5) is 0 Å². The molecule has 1 aromatic heterocycles. The fourth-order valence-electron chi connectivity index (χ4n) is 2.50. The molecule has 0 bridgehead atoms. The standard InChI is InChI=1S/C20H31N5O.HI/c1-21-20(22-11-15-25-13-4-5-14-25)23-17-18-7-9-19(10-8-18)26-16-6-12-24(2)3;/h4-5,7-10,13-14H,6,11-12,15-17H2,1-3H3,(H2,21,22,23);1H. The van der Waals surface area contributed by atoms with Gasteiger partial charge in [0, 0.05) is 45.6 Å². The van der Waals surface area contributed by atoms with Crippen molar-refractivity contribution in [3.8, 4) is 5.75 Å². The lowest BCUT2D eigenvalue weighted by atomic mass is 10.2. The quantitative estimate of drug-likeness (QED) is 0.235. The second kappa shape index (κ2) is 13.4. The number of halogens is 1. The van der Waals surface area contributed by atoms with Crippen molar-refractivity contribution in [2.24, 2.45) is 4.99 Å². The average Bonchev–Trinajstić information content (AvgIpc) is 3.16. The number of ether oxygens (including phenoxy) is 1. The number of aromatic nitrogens is 1. The molecule has 0 spiro atoms. The number of guanidine groups is 1. The van der Waals surface area contributed by atoms with Gasteiger partial charge in [-0.2, -0.15) is 0 Å². The normalized spacial score (nSPS) is 11.2. The van der Waals surface area contributed by atoms with E-state index in [1.54, 1.807) is 7.05 Å². The minimum atomic E-state index is 0. The molecule has 0 fully saturated rings. The number of rotatable bonds is 10. The summed E-state index contributed by atoms with van der Waals surface area (Å²) >= 11 is 0.